The molecular formula is C66H48F6O3S2. The lowest BCUT2D eigenvalue weighted by Crippen LogP contribution is -2.67. The summed E-state index contributed by atoms with van der Waals surface area (Å²) in [6.45, 7) is 4.55. The van der Waals surface area contributed by atoms with Crippen LogP contribution in [0.2, 0.25) is 0 Å². The van der Waals surface area contributed by atoms with E-state index >= 15 is 26.3 Å². The summed E-state index contributed by atoms with van der Waals surface area (Å²) < 4.78 is 114. The summed E-state index contributed by atoms with van der Waals surface area (Å²) in [5, 5.41) is 3.43. The number of ether oxygens (including phenoxy) is 3. The second-order valence-electron chi connectivity index (χ2n) is 20.4. The molecule has 0 spiro atoms. The molecule has 0 saturated heterocycles. The summed E-state index contributed by atoms with van der Waals surface area (Å²) in [7, 11) is 4.55. The fraction of sp³-hybridized carbons (Fsp3) is 0.212. The Hall–Kier alpha value is -7.70. The summed E-state index contributed by atoms with van der Waals surface area (Å²) in [6, 6.07) is 47.0. The molecule has 4 aliphatic rings. The number of fused-ring (bicyclic) bond motifs is 2. The van der Waals surface area contributed by atoms with Gasteiger partial charge in [-0.15, -0.1) is 11.3 Å². The minimum absolute atomic E-state index is 0.0265. The van der Waals surface area contributed by atoms with Crippen molar-refractivity contribution in [3.8, 4) is 61.1 Å². The number of rotatable bonds is 9. The maximum absolute atomic E-state index is 16.4. The van der Waals surface area contributed by atoms with Crippen LogP contribution in [0.4, 0.5) is 26.3 Å². The van der Waals surface area contributed by atoms with Crippen LogP contribution in [-0.4, -0.2) is 39.1 Å². The van der Waals surface area contributed by atoms with E-state index in [2.05, 4.69) is 47.9 Å². The zero-order chi connectivity index (χ0) is 53.8. The quantitative estimate of drug-likeness (QED) is 0.0819. The minimum Gasteiger partial charge on any atom is -0.496 e. The van der Waals surface area contributed by atoms with Crippen molar-refractivity contribution in [3.05, 3.63) is 206 Å². The predicted molar refractivity (Wildman–Crippen MR) is 299 cm³/mol. The molecule has 2 heterocycles. The van der Waals surface area contributed by atoms with Gasteiger partial charge in [0.1, 0.15) is 11.5 Å². The van der Waals surface area contributed by atoms with Gasteiger partial charge in [-0.25, -0.2) is 0 Å². The van der Waals surface area contributed by atoms with E-state index in [1.54, 1.807) is 51.5 Å². The van der Waals surface area contributed by atoms with Gasteiger partial charge in [0.15, 0.2) is 5.06 Å². The summed E-state index contributed by atoms with van der Waals surface area (Å²) >= 11 is 2.09. The number of halogens is 6. The number of thiophene rings is 2. The topological polar surface area (TPSA) is 27.7 Å². The molecule has 0 unspecified atom stereocenters. The van der Waals surface area contributed by atoms with Crippen LogP contribution in [0.5, 0.6) is 16.6 Å². The van der Waals surface area contributed by atoms with Crippen LogP contribution in [-0.2, 0) is 10.8 Å². The fourth-order valence-electron chi connectivity index (χ4n) is 12.4. The first kappa shape index (κ1) is 50.1. The van der Waals surface area contributed by atoms with Crippen molar-refractivity contribution in [2.45, 2.75) is 68.6 Å². The molecule has 11 heteroatoms. The molecule has 0 aliphatic heterocycles. The number of benzene rings is 7. The normalized spacial score (nSPS) is 19.4. The molecular weight excluding hydrogens is 1020 g/mol. The highest BCUT2D eigenvalue weighted by Crippen LogP contribution is 2.74. The maximum atomic E-state index is 16.4. The van der Waals surface area contributed by atoms with Gasteiger partial charge in [0.25, 0.3) is 0 Å². The number of methoxy groups -OCH3 is 3. The largest absolute Gasteiger partial charge is 0.496 e. The van der Waals surface area contributed by atoms with Gasteiger partial charge in [-0.2, -0.15) is 26.3 Å². The predicted octanol–water partition coefficient (Wildman–Crippen LogP) is 17.4. The van der Waals surface area contributed by atoms with Crippen molar-refractivity contribution < 1.29 is 40.6 Å². The van der Waals surface area contributed by atoms with E-state index < -0.39 is 34.5 Å². The van der Waals surface area contributed by atoms with E-state index in [0.29, 0.717) is 32.4 Å². The number of hydrogen-bond acceptors (Lipinski definition) is 5. The number of allylic oxidation sites excluding steroid dienone is 2. The van der Waals surface area contributed by atoms with Gasteiger partial charge >= 0.3 is 17.8 Å². The molecule has 3 nitrogen and oxygen atoms in total. The first-order valence-corrected chi connectivity index (χ1v) is 26.7. The molecule has 384 valence electrons. The Labute approximate surface area is 450 Å². The van der Waals surface area contributed by atoms with Crippen molar-refractivity contribution >= 4 is 55.4 Å². The van der Waals surface area contributed by atoms with Crippen LogP contribution in [0, 0.1) is 44.5 Å². The van der Waals surface area contributed by atoms with Crippen LogP contribution in [0.1, 0.15) is 79.8 Å². The van der Waals surface area contributed by atoms with Gasteiger partial charge in [0, 0.05) is 80.7 Å². The summed E-state index contributed by atoms with van der Waals surface area (Å²) in [5.74, 6) is -0.931. The monoisotopic (exact) mass is 1070 g/mol. The Balaban J connectivity index is 0.821. The average molecular weight is 1070 g/mol. The van der Waals surface area contributed by atoms with Crippen LogP contribution in [0.25, 0.3) is 53.6 Å². The zero-order valence-electron chi connectivity index (χ0n) is 42.8. The van der Waals surface area contributed by atoms with Gasteiger partial charge in [0.2, 0.25) is 0 Å². The average Bonchev–Trinajstić information content (AvgIpc) is 4.05. The number of aryl methyl sites for hydroxylation is 1. The summed E-state index contributed by atoms with van der Waals surface area (Å²) in [4.78, 5) is 1.24. The number of hydrogen-bond donors (Lipinski definition) is 0. The van der Waals surface area contributed by atoms with Crippen LogP contribution < -0.4 is 14.2 Å². The standard InChI is InChI=1S/C66H48F6O3S2/c1-38-53(57-58(65(69,70)66(71,72)64(57,67)68)54-39(2)60(77-61(54)75-6)43-17-11-8-12-18-43)40(3)76-59(38)44-27-31-46(32-28-44)63-35-62(36-63,37-63)45-29-23-42(24-30-45)26-34-50-48-20-14-21-51(73-4)55(48)49(33-25-41-15-9-7-10-16-41)47-19-13-22-52(74-5)56(47)50/h7-24,27-32H,35-37H2,1-6H3. The Morgan fingerprint density at radius 1 is 0.442 bits per heavy atom. The third-order valence-corrected chi connectivity index (χ3v) is 18.6. The van der Waals surface area contributed by atoms with Gasteiger partial charge < -0.3 is 14.2 Å². The lowest BCUT2D eigenvalue weighted by Gasteiger charge is -2.71. The lowest BCUT2D eigenvalue weighted by atomic mass is 9.32. The molecule has 4 aliphatic carbocycles. The molecule has 9 aromatic rings. The maximum Gasteiger partial charge on any atom is 0.380 e. The van der Waals surface area contributed by atoms with Gasteiger partial charge in [0.05, 0.1) is 21.3 Å². The molecule has 0 amide bonds. The van der Waals surface area contributed by atoms with Crippen LogP contribution >= 0.6 is 22.7 Å². The molecule has 3 saturated carbocycles. The van der Waals surface area contributed by atoms with Crippen molar-refractivity contribution in [1.29, 1.82) is 0 Å². The van der Waals surface area contributed by atoms with Crippen molar-refractivity contribution in [1.82, 2.24) is 0 Å². The Morgan fingerprint density at radius 2 is 0.883 bits per heavy atom. The Kier molecular flexibility index (Phi) is 11.9. The van der Waals surface area contributed by atoms with E-state index in [1.807, 2.05) is 91.0 Å². The van der Waals surface area contributed by atoms with E-state index in [9.17, 15) is 0 Å². The van der Waals surface area contributed by atoms with E-state index in [4.69, 9.17) is 14.2 Å². The third-order valence-electron chi connectivity index (χ3n) is 16.1. The SMILES string of the molecule is COc1sc(-c2ccccc2)c(C)c1C1=C(c2c(C)sc(-c3ccc(C45CC(c6ccc(C#Cc7c8cccc(OC)c8c(C#Cc8ccccc8)c8cccc(OC)c78)cc6)(C4)C5)cc3)c2C)C(F)(F)C(F)(F)C1(F)F. The Bertz CT molecular complexity index is 4020. The van der Waals surface area contributed by atoms with E-state index in [1.165, 1.54) is 26.5 Å². The van der Waals surface area contributed by atoms with Crippen LogP contribution in [0.3, 0.4) is 0 Å². The molecule has 0 atom stereocenters. The fourth-order valence-corrected chi connectivity index (χ4v) is 14.7. The van der Waals surface area contributed by atoms with Crippen molar-refractivity contribution in [3.63, 3.8) is 0 Å². The summed E-state index contributed by atoms with van der Waals surface area (Å²) in [5.41, 5.74) is 4.04. The van der Waals surface area contributed by atoms with Crippen LogP contribution in [0.15, 0.2) is 146 Å². The highest BCUT2D eigenvalue weighted by Gasteiger charge is 2.81. The zero-order valence-corrected chi connectivity index (χ0v) is 44.4. The summed E-state index contributed by atoms with van der Waals surface area (Å²) in [6.07, 6.45) is 2.87. The second kappa shape index (κ2) is 18.2. The molecule has 0 radical (unpaired) electrons. The van der Waals surface area contributed by atoms with Crippen molar-refractivity contribution in [2.24, 2.45) is 0 Å². The molecule has 7 aromatic carbocycles. The molecule has 2 aromatic heterocycles. The minimum atomic E-state index is -5.71. The smallest absolute Gasteiger partial charge is 0.380 e. The van der Waals surface area contributed by atoms with E-state index in [0.717, 1.165) is 91.3 Å². The molecule has 2 bridgehead atoms. The van der Waals surface area contributed by atoms with Gasteiger partial charge in [-0.3, -0.25) is 0 Å². The highest BCUT2D eigenvalue weighted by molar-refractivity contribution is 7.18. The third kappa shape index (κ3) is 7.48. The lowest BCUT2D eigenvalue weighted by molar-refractivity contribution is -0.254. The Morgan fingerprint density at radius 3 is 1.39 bits per heavy atom. The van der Waals surface area contributed by atoms with Crippen molar-refractivity contribution in [2.75, 3.05) is 21.3 Å². The number of alkyl halides is 6. The molecule has 77 heavy (non-hydrogen) atoms. The first-order chi connectivity index (χ1) is 37.0. The molecule has 0 N–H and O–H groups in total. The van der Waals surface area contributed by atoms with Gasteiger partial charge in [-0.05, 0) is 121 Å². The highest BCUT2D eigenvalue weighted by atomic mass is 32.1. The molecule has 3 fully saturated rings. The van der Waals surface area contributed by atoms with Gasteiger partial charge in [-0.1, -0.05) is 144 Å². The second-order valence-corrected chi connectivity index (χ2v) is 22.6. The molecule has 13 rings (SSSR count). The van der Waals surface area contributed by atoms with E-state index in [-0.39, 0.29) is 37.5 Å². The first-order valence-electron chi connectivity index (χ1n) is 25.1.